The fraction of sp³-hybridized carbons (Fsp3) is 0.571. The van der Waals surface area contributed by atoms with Crippen molar-refractivity contribution in [1.29, 1.82) is 0 Å². The average molecular weight is 174 g/mol. The van der Waals surface area contributed by atoms with Crippen LogP contribution < -0.4 is 5.73 Å². The Hall–Kier alpha value is -0.540. The number of nitrogens with two attached hydrogens (primary N) is 1. The van der Waals surface area contributed by atoms with E-state index >= 15 is 0 Å². The van der Waals surface area contributed by atoms with Gasteiger partial charge in [0.05, 0.1) is 11.2 Å². The van der Waals surface area contributed by atoms with Crippen molar-refractivity contribution in [1.82, 2.24) is 9.78 Å². The summed E-state index contributed by atoms with van der Waals surface area (Å²) in [6, 6.07) is 0. The van der Waals surface area contributed by atoms with E-state index < -0.39 is 0 Å². The highest BCUT2D eigenvalue weighted by molar-refractivity contribution is 6.30. The second-order valence-corrected chi connectivity index (χ2v) is 3.16. The molecular formula is C7H12ClN3. The minimum Gasteiger partial charge on any atom is -0.330 e. The molecule has 0 spiro atoms. The van der Waals surface area contributed by atoms with Gasteiger partial charge in [0.1, 0.15) is 0 Å². The van der Waals surface area contributed by atoms with Crippen molar-refractivity contribution in [3.05, 3.63) is 17.4 Å². The molecule has 0 aromatic carbocycles. The molecule has 0 fully saturated rings. The van der Waals surface area contributed by atoms with Crippen LogP contribution in [0.3, 0.4) is 0 Å². The van der Waals surface area contributed by atoms with E-state index in [4.69, 9.17) is 17.3 Å². The molecule has 0 aliphatic carbocycles. The molecule has 11 heavy (non-hydrogen) atoms. The first-order chi connectivity index (χ1) is 5.22. The first-order valence-electron chi connectivity index (χ1n) is 3.60. The minimum absolute atomic E-state index is 0.450. The summed E-state index contributed by atoms with van der Waals surface area (Å²) in [4.78, 5) is 0. The van der Waals surface area contributed by atoms with E-state index in [0.717, 1.165) is 6.54 Å². The van der Waals surface area contributed by atoms with Crippen molar-refractivity contribution in [2.45, 2.75) is 13.5 Å². The van der Waals surface area contributed by atoms with Gasteiger partial charge in [-0.15, -0.1) is 0 Å². The van der Waals surface area contributed by atoms with Crippen LogP contribution in [0.4, 0.5) is 0 Å². The molecule has 0 amide bonds. The van der Waals surface area contributed by atoms with Gasteiger partial charge in [0.2, 0.25) is 0 Å². The summed E-state index contributed by atoms with van der Waals surface area (Å²) < 4.78 is 1.81. The van der Waals surface area contributed by atoms with E-state index in [0.29, 0.717) is 17.5 Å². The first kappa shape index (κ1) is 8.56. The molecule has 1 heterocycles. The van der Waals surface area contributed by atoms with E-state index in [1.165, 1.54) is 0 Å². The van der Waals surface area contributed by atoms with Crippen molar-refractivity contribution in [3.63, 3.8) is 0 Å². The number of halogens is 1. The Morgan fingerprint density at radius 2 is 2.55 bits per heavy atom. The van der Waals surface area contributed by atoms with E-state index in [1.54, 1.807) is 17.1 Å². The van der Waals surface area contributed by atoms with Crippen molar-refractivity contribution in [2.24, 2.45) is 11.7 Å². The van der Waals surface area contributed by atoms with Crippen LogP contribution in [0.1, 0.15) is 6.92 Å². The van der Waals surface area contributed by atoms with Crippen LogP contribution in [-0.2, 0) is 6.54 Å². The van der Waals surface area contributed by atoms with Crippen LogP contribution in [0, 0.1) is 5.92 Å². The minimum atomic E-state index is 0.450. The van der Waals surface area contributed by atoms with E-state index in [9.17, 15) is 0 Å². The largest absolute Gasteiger partial charge is 0.330 e. The lowest BCUT2D eigenvalue weighted by Gasteiger charge is -2.06. The molecule has 0 saturated carbocycles. The van der Waals surface area contributed by atoms with Crippen LogP contribution in [-0.4, -0.2) is 16.3 Å². The first-order valence-corrected chi connectivity index (χ1v) is 3.98. The highest BCUT2D eigenvalue weighted by atomic mass is 35.5. The van der Waals surface area contributed by atoms with Crippen molar-refractivity contribution < 1.29 is 0 Å². The lowest BCUT2D eigenvalue weighted by molar-refractivity contribution is 0.458. The Morgan fingerprint density at radius 1 is 1.82 bits per heavy atom. The second kappa shape index (κ2) is 3.74. The summed E-state index contributed by atoms with van der Waals surface area (Å²) in [6.07, 6.45) is 3.43. The third kappa shape index (κ3) is 2.52. The molecule has 0 saturated heterocycles. The van der Waals surface area contributed by atoms with Crippen molar-refractivity contribution >= 4 is 11.6 Å². The maximum absolute atomic E-state index is 5.67. The van der Waals surface area contributed by atoms with Crippen molar-refractivity contribution in [3.8, 4) is 0 Å². The predicted octanol–water partition coefficient (Wildman–Crippen LogP) is 1.13. The maximum Gasteiger partial charge on any atom is 0.0785 e. The van der Waals surface area contributed by atoms with Gasteiger partial charge in [-0.05, 0) is 12.5 Å². The molecule has 1 aromatic heterocycles. The number of aromatic nitrogens is 2. The monoisotopic (exact) mass is 173 g/mol. The number of rotatable bonds is 3. The SMILES string of the molecule is C[C@H](CN)Cn1cc(Cl)cn1. The number of nitrogens with zero attached hydrogens (tertiary/aromatic N) is 2. The van der Waals surface area contributed by atoms with Gasteiger partial charge in [0.15, 0.2) is 0 Å². The van der Waals surface area contributed by atoms with E-state index in [2.05, 4.69) is 12.0 Å². The standard InChI is InChI=1S/C7H12ClN3/c1-6(2-9)4-11-5-7(8)3-10-11/h3,5-6H,2,4,9H2,1H3/t6-/m1/s1. The summed E-state index contributed by atoms with van der Waals surface area (Å²) >= 11 is 5.67. The van der Waals surface area contributed by atoms with Gasteiger partial charge in [-0.1, -0.05) is 18.5 Å². The Kier molecular flexibility index (Phi) is 2.91. The van der Waals surface area contributed by atoms with Gasteiger partial charge >= 0.3 is 0 Å². The van der Waals surface area contributed by atoms with Crippen LogP contribution >= 0.6 is 11.6 Å². The maximum atomic E-state index is 5.67. The molecule has 0 radical (unpaired) electrons. The van der Waals surface area contributed by atoms with Gasteiger partial charge in [-0.25, -0.2) is 0 Å². The molecule has 3 nitrogen and oxygen atoms in total. The molecule has 2 N–H and O–H groups in total. The third-order valence-corrected chi connectivity index (χ3v) is 1.70. The van der Waals surface area contributed by atoms with Crippen molar-refractivity contribution in [2.75, 3.05) is 6.54 Å². The molecule has 0 unspecified atom stereocenters. The van der Waals surface area contributed by atoms with Gasteiger partial charge in [0.25, 0.3) is 0 Å². The molecule has 1 rings (SSSR count). The van der Waals surface area contributed by atoms with Gasteiger partial charge in [-0.3, -0.25) is 4.68 Å². The molecular weight excluding hydrogens is 162 g/mol. The topological polar surface area (TPSA) is 43.8 Å². The Morgan fingerprint density at radius 3 is 3.00 bits per heavy atom. The quantitative estimate of drug-likeness (QED) is 0.745. The Balaban J connectivity index is 2.50. The summed E-state index contributed by atoms with van der Waals surface area (Å²) in [5.41, 5.74) is 5.45. The fourth-order valence-corrected chi connectivity index (χ4v) is 0.988. The highest BCUT2D eigenvalue weighted by Crippen LogP contribution is 2.06. The van der Waals surface area contributed by atoms with Crippen LogP contribution in [0.2, 0.25) is 5.02 Å². The summed E-state index contributed by atoms with van der Waals surface area (Å²) in [6.45, 7) is 3.59. The van der Waals surface area contributed by atoms with E-state index in [-0.39, 0.29) is 0 Å². The zero-order valence-electron chi connectivity index (χ0n) is 6.50. The predicted molar refractivity (Wildman–Crippen MR) is 45.5 cm³/mol. The summed E-state index contributed by atoms with van der Waals surface area (Å²) in [5.74, 6) is 0.450. The smallest absolute Gasteiger partial charge is 0.0785 e. The second-order valence-electron chi connectivity index (χ2n) is 2.72. The average Bonchev–Trinajstić information content (AvgIpc) is 2.35. The van der Waals surface area contributed by atoms with Crippen LogP contribution in [0.5, 0.6) is 0 Å². The molecule has 0 aliphatic heterocycles. The van der Waals surface area contributed by atoms with E-state index in [1.807, 2.05) is 0 Å². The van der Waals surface area contributed by atoms with Gasteiger partial charge in [0, 0.05) is 12.7 Å². The molecule has 4 heteroatoms. The highest BCUT2D eigenvalue weighted by Gasteiger charge is 2.00. The van der Waals surface area contributed by atoms with Gasteiger partial charge < -0.3 is 5.73 Å². The zero-order valence-corrected chi connectivity index (χ0v) is 7.25. The molecule has 0 bridgehead atoms. The lowest BCUT2D eigenvalue weighted by Crippen LogP contribution is -2.17. The normalized spacial score (nSPS) is 13.4. The van der Waals surface area contributed by atoms with Gasteiger partial charge in [-0.2, -0.15) is 5.10 Å². The fourth-order valence-electron chi connectivity index (χ4n) is 0.832. The summed E-state index contributed by atoms with van der Waals surface area (Å²) in [7, 11) is 0. The van der Waals surface area contributed by atoms with Crippen LogP contribution in [0.15, 0.2) is 12.4 Å². The molecule has 62 valence electrons. The number of hydrogen-bond acceptors (Lipinski definition) is 2. The Labute approximate surface area is 71.1 Å². The molecule has 0 aliphatic rings. The summed E-state index contributed by atoms with van der Waals surface area (Å²) in [5, 5.41) is 4.71. The third-order valence-electron chi connectivity index (χ3n) is 1.50. The lowest BCUT2D eigenvalue weighted by atomic mass is 10.2. The Bertz CT molecular complexity index is 221. The molecule has 1 atom stereocenters. The molecule has 1 aromatic rings. The van der Waals surface area contributed by atoms with Crippen LogP contribution in [0.25, 0.3) is 0 Å². The number of hydrogen-bond donors (Lipinski definition) is 1. The zero-order chi connectivity index (χ0) is 8.27.